The van der Waals surface area contributed by atoms with E-state index in [4.69, 9.17) is 16.2 Å². The number of hydrogen-bond donors (Lipinski definition) is 2. The lowest BCUT2D eigenvalue weighted by Gasteiger charge is -2.36. The Hall–Kier alpha value is -1.97. The Kier molecular flexibility index (Phi) is 5.69. The first-order valence-electron chi connectivity index (χ1n) is 8.40. The van der Waals surface area contributed by atoms with Crippen molar-refractivity contribution in [1.82, 2.24) is 0 Å². The van der Waals surface area contributed by atoms with Crippen molar-refractivity contribution >= 4 is 23.4 Å². The summed E-state index contributed by atoms with van der Waals surface area (Å²) >= 11 is 0. The monoisotopic (exact) mass is 316 g/mol. The molecule has 4 nitrogen and oxygen atoms in total. The molecule has 2 rings (SSSR count). The van der Waals surface area contributed by atoms with Crippen LogP contribution in [0.3, 0.4) is 0 Å². The van der Waals surface area contributed by atoms with Gasteiger partial charge in [-0.2, -0.15) is 0 Å². The smallest absolute Gasteiger partial charge is 0.331 e. The van der Waals surface area contributed by atoms with E-state index in [0.29, 0.717) is 29.1 Å². The normalized spacial score (nSPS) is 25.0. The summed E-state index contributed by atoms with van der Waals surface area (Å²) in [5.74, 6) is 1.31. The summed E-state index contributed by atoms with van der Waals surface area (Å²) in [7, 11) is 0. The fourth-order valence-electron chi connectivity index (χ4n) is 3.30. The van der Waals surface area contributed by atoms with E-state index in [-0.39, 0.29) is 12.1 Å². The summed E-state index contributed by atoms with van der Waals surface area (Å²) < 4.78 is 5.73. The number of benzene rings is 1. The molecule has 4 heteroatoms. The van der Waals surface area contributed by atoms with Crippen LogP contribution in [-0.2, 0) is 9.53 Å². The van der Waals surface area contributed by atoms with Crippen molar-refractivity contribution in [2.24, 2.45) is 17.8 Å². The van der Waals surface area contributed by atoms with E-state index in [9.17, 15) is 4.79 Å². The molecule has 0 heterocycles. The van der Waals surface area contributed by atoms with Gasteiger partial charge in [0.05, 0.1) is 11.4 Å². The first-order chi connectivity index (χ1) is 10.9. The molecular weight excluding hydrogens is 288 g/mol. The van der Waals surface area contributed by atoms with Crippen LogP contribution in [0.15, 0.2) is 24.3 Å². The lowest BCUT2D eigenvalue weighted by molar-refractivity contribution is -0.149. The molecule has 0 aromatic heterocycles. The molecule has 4 N–H and O–H groups in total. The second-order valence-electron chi connectivity index (χ2n) is 7.02. The van der Waals surface area contributed by atoms with Gasteiger partial charge < -0.3 is 16.2 Å². The molecular formula is C19H28N2O2. The third-order valence-electron chi connectivity index (χ3n) is 4.75. The van der Waals surface area contributed by atoms with Crippen molar-refractivity contribution in [2.75, 3.05) is 11.5 Å². The Labute approximate surface area is 138 Å². The number of nitrogens with two attached hydrogens (primary N) is 2. The summed E-state index contributed by atoms with van der Waals surface area (Å²) in [6.45, 7) is 6.63. The van der Waals surface area contributed by atoms with Crippen LogP contribution in [0.1, 0.15) is 45.6 Å². The zero-order chi connectivity index (χ0) is 17.0. The first kappa shape index (κ1) is 17.4. The number of nitrogen functional groups attached to an aromatic ring is 2. The third-order valence-corrected chi connectivity index (χ3v) is 4.75. The molecule has 0 amide bonds. The summed E-state index contributed by atoms with van der Waals surface area (Å²) in [5.41, 5.74) is 13.3. The van der Waals surface area contributed by atoms with Crippen molar-refractivity contribution in [3.63, 3.8) is 0 Å². The van der Waals surface area contributed by atoms with Gasteiger partial charge >= 0.3 is 5.97 Å². The van der Waals surface area contributed by atoms with E-state index in [1.165, 1.54) is 12.5 Å². The SMILES string of the molecule is CC(C)[C@@H]1CC[C@@H](C)C[C@H]1OC(=O)/C=C/c1ccc(N)c(N)c1. The maximum absolute atomic E-state index is 12.1. The van der Waals surface area contributed by atoms with E-state index >= 15 is 0 Å². The second kappa shape index (κ2) is 7.53. The van der Waals surface area contributed by atoms with Crippen LogP contribution in [0, 0.1) is 17.8 Å². The van der Waals surface area contributed by atoms with Crippen molar-refractivity contribution in [3.05, 3.63) is 29.8 Å². The van der Waals surface area contributed by atoms with Crippen LogP contribution in [0.5, 0.6) is 0 Å². The van der Waals surface area contributed by atoms with Crippen molar-refractivity contribution in [1.29, 1.82) is 0 Å². The Bertz CT molecular complexity index is 581. The molecule has 23 heavy (non-hydrogen) atoms. The van der Waals surface area contributed by atoms with Crippen LogP contribution in [0.25, 0.3) is 6.08 Å². The average molecular weight is 316 g/mol. The van der Waals surface area contributed by atoms with Gasteiger partial charge in [-0.3, -0.25) is 0 Å². The number of anilines is 2. The van der Waals surface area contributed by atoms with Gasteiger partial charge in [0.2, 0.25) is 0 Å². The summed E-state index contributed by atoms with van der Waals surface area (Å²) in [4.78, 5) is 12.1. The fourth-order valence-corrected chi connectivity index (χ4v) is 3.30. The lowest BCUT2D eigenvalue weighted by Crippen LogP contribution is -2.35. The van der Waals surface area contributed by atoms with Gasteiger partial charge in [0.25, 0.3) is 0 Å². The first-order valence-corrected chi connectivity index (χ1v) is 8.40. The molecule has 3 atom stereocenters. The maximum atomic E-state index is 12.1. The molecule has 126 valence electrons. The molecule has 1 aliphatic carbocycles. The van der Waals surface area contributed by atoms with E-state index in [2.05, 4.69) is 20.8 Å². The van der Waals surface area contributed by atoms with E-state index in [1.807, 2.05) is 6.07 Å². The van der Waals surface area contributed by atoms with Crippen molar-refractivity contribution in [3.8, 4) is 0 Å². The van der Waals surface area contributed by atoms with Crippen LogP contribution < -0.4 is 11.5 Å². The Morgan fingerprint density at radius 1 is 1.26 bits per heavy atom. The highest BCUT2D eigenvalue weighted by atomic mass is 16.5. The molecule has 1 aromatic carbocycles. The molecule has 1 aromatic rings. The highest BCUT2D eigenvalue weighted by Gasteiger charge is 2.32. The van der Waals surface area contributed by atoms with Crippen LogP contribution in [-0.4, -0.2) is 12.1 Å². The molecule has 1 aliphatic rings. The minimum absolute atomic E-state index is 0.0207. The Morgan fingerprint density at radius 2 is 2.00 bits per heavy atom. The molecule has 0 radical (unpaired) electrons. The van der Waals surface area contributed by atoms with Gasteiger partial charge in [0, 0.05) is 6.08 Å². The van der Waals surface area contributed by atoms with Crippen molar-refractivity contribution < 1.29 is 9.53 Å². The fraction of sp³-hybridized carbons (Fsp3) is 0.526. The second-order valence-corrected chi connectivity index (χ2v) is 7.02. The largest absolute Gasteiger partial charge is 0.459 e. The number of ether oxygens (including phenoxy) is 1. The van der Waals surface area contributed by atoms with Gasteiger partial charge in [-0.25, -0.2) is 4.79 Å². The van der Waals surface area contributed by atoms with Crippen molar-refractivity contribution in [2.45, 2.75) is 46.1 Å². The quantitative estimate of drug-likeness (QED) is 0.502. The average Bonchev–Trinajstić information content (AvgIpc) is 2.48. The Morgan fingerprint density at radius 3 is 2.65 bits per heavy atom. The zero-order valence-electron chi connectivity index (χ0n) is 14.3. The molecule has 0 unspecified atom stereocenters. The van der Waals surface area contributed by atoms with E-state index in [0.717, 1.165) is 18.4 Å². The van der Waals surface area contributed by atoms with E-state index < -0.39 is 0 Å². The predicted molar refractivity (Wildman–Crippen MR) is 95.5 cm³/mol. The number of carbonyl (C=O) groups is 1. The van der Waals surface area contributed by atoms with Gasteiger partial charge in [-0.05, 0) is 54.4 Å². The summed E-state index contributed by atoms with van der Waals surface area (Å²) in [6.07, 6.45) is 6.52. The topological polar surface area (TPSA) is 78.3 Å². The molecule has 1 saturated carbocycles. The molecule has 0 aliphatic heterocycles. The number of carbonyl (C=O) groups excluding carboxylic acids is 1. The van der Waals surface area contributed by atoms with E-state index in [1.54, 1.807) is 18.2 Å². The van der Waals surface area contributed by atoms with Gasteiger partial charge in [0.15, 0.2) is 0 Å². The number of esters is 1. The maximum Gasteiger partial charge on any atom is 0.331 e. The predicted octanol–water partition coefficient (Wildman–Crippen LogP) is 3.87. The minimum Gasteiger partial charge on any atom is -0.459 e. The molecule has 0 bridgehead atoms. The minimum atomic E-state index is -0.287. The molecule has 0 saturated heterocycles. The molecule has 1 fully saturated rings. The van der Waals surface area contributed by atoms with Crippen LogP contribution >= 0.6 is 0 Å². The number of hydrogen-bond acceptors (Lipinski definition) is 4. The van der Waals surface area contributed by atoms with Crippen LogP contribution in [0.4, 0.5) is 11.4 Å². The number of rotatable bonds is 4. The lowest BCUT2D eigenvalue weighted by atomic mass is 9.75. The third kappa shape index (κ3) is 4.75. The van der Waals surface area contributed by atoms with Gasteiger partial charge in [-0.15, -0.1) is 0 Å². The highest BCUT2D eigenvalue weighted by molar-refractivity contribution is 5.87. The zero-order valence-corrected chi connectivity index (χ0v) is 14.3. The Balaban J connectivity index is 1.99. The standard InChI is InChI=1S/C19H28N2O2/c1-12(2)15-7-4-13(3)10-18(15)23-19(22)9-6-14-5-8-16(20)17(21)11-14/h5-6,8-9,11-13,15,18H,4,7,10,20-21H2,1-3H3/b9-6+/t13-,15+,18-/m1/s1. The van der Waals surface area contributed by atoms with Crippen LogP contribution in [0.2, 0.25) is 0 Å². The summed E-state index contributed by atoms with van der Waals surface area (Å²) in [5, 5.41) is 0. The summed E-state index contributed by atoms with van der Waals surface area (Å²) in [6, 6.07) is 5.31. The molecule has 0 spiro atoms. The highest BCUT2D eigenvalue weighted by Crippen LogP contribution is 2.35. The van der Waals surface area contributed by atoms with Gasteiger partial charge in [0.1, 0.15) is 6.10 Å². The van der Waals surface area contributed by atoms with Gasteiger partial charge in [-0.1, -0.05) is 33.3 Å².